The van der Waals surface area contributed by atoms with E-state index in [2.05, 4.69) is 5.32 Å². The molecule has 6 heteroatoms. The molecular weight excluding hydrogens is 311 g/mol. The van der Waals surface area contributed by atoms with Gasteiger partial charge in [-0.25, -0.2) is 0 Å². The van der Waals surface area contributed by atoms with Crippen LogP contribution in [0.5, 0.6) is 0 Å². The van der Waals surface area contributed by atoms with E-state index in [4.69, 9.17) is 23.2 Å². The Bertz CT molecular complexity index is 567. The lowest BCUT2D eigenvalue weighted by Gasteiger charge is -2.24. The number of carbonyl (C=O) groups is 2. The first kappa shape index (κ1) is 16.1. The lowest BCUT2D eigenvalue weighted by molar-refractivity contribution is -0.141. The molecule has 0 unspecified atom stereocenters. The lowest BCUT2D eigenvalue weighted by atomic mass is 10.0. The minimum Gasteiger partial charge on any atom is -0.342 e. The molecule has 0 atom stereocenters. The molecule has 2 rings (SSSR count). The van der Waals surface area contributed by atoms with Crippen LogP contribution in [0.4, 0.5) is 5.69 Å². The second kappa shape index (κ2) is 6.24. The van der Waals surface area contributed by atoms with Crippen LogP contribution >= 0.6 is 23.2 Å². The van der Waals surface area contributed by atoms with Gasteiger partial charge in [0, 0.05) is 18.1 Å². The summed E-state index contributed by atoms with van der Waals surface area (Å²) in [6.07, 6.45) is 1.17. The monoisotopic (exact) mass is 328 g/mol. The summed E-state index contributed by atoms with van der Waals surface area (Å²) in [5.41, 5.74) is -0.445. The summed E-state index contributed by atoms with van der Waals surface area (Å²) in [6.45, 7) is 5.02. The van der Waals surface area contributed by atoms with Crippen molar-refractivity contribution in [3.8, 4) is 0 Å². The molecule has 2 amide bonds. The van der Waals surface area contributed by atoms with Crippen molar-refractivity contribution in [3.05, 3.63) is 28.2 Å². The van der Waals surface area contributed by atoms with E-state index in [0.717, 1.165) is 0 Å². The van der Waals surface area contributed by atoms with Crippen LogP contribution in [0.15, 0.2) is 18.2 Å². The van der Waals surface area contributed by atoms with Gasteiger partial charge in [0.15, 0.2) is 0 Å². The van der Waals surface area contributed by atoms with Crippen molar-refractivity contribution in [2.45, 2.75) is 26.7 Å². The molecule has 0 saturated heterocycles. The van der Waals surface area contributed by atoms with Crippen LogP contribution in [0, 0.1) is 5.41 Å². The zero-order valence-corrected chi connectivity index (χ0v) is 13.6. The number of benzene rings is 1. The Morgan fingerprint density at radius 2 is 1.86 bits per heavy atom. The Kier molecular flexibility index (Phi) is 4.79. The Morgan fingerprint density at radius 3 is 2.33 bits per heavy atom. The first-order valence-corrected chi connectivity index (χ1v) is 7.76. The van der Waals surface area contributed by atoms with Crippen LogP contribution in [0.1, 0.15) is 26.7 Å². The number of hydrogen-bond acceptors (Lipinski definition) is 2. The Morgan fingerprint density at radius 1 is 1.24 bits per heavy atom. The van der Waals surface area contributed by atoms with Gasteiger partial charge in [0.2, 0.25) is 11.8 Å². The largest absolute Gasteiger partial charge is 0.342 e. The predicted molar refractivity (Wildman–Crippen MR) is 84.7 cm³/mol. The lowest BCUT2D eigenvalue weighted by Crippen LogP contribution is -2.42. The molecule has 21 heavy (non-hydrogen) atoms. The van der Waals surface area contributed by atoms with Crippen molar-refractivity contribution in [2.24, 2.45) is 5.41 Å². The number of amides is 2. The Balaban J connectivity index is 2.14. The molecule has 1 saturated carbocycles. The van der Waals surface area contributed by atoms with Gasteiger partial charge in [-0.1, -0.05) is 23.2 Å². The van der Waals surface area contributed by atoms with E-state index >= 15 is 0 Å². The average Bonchev–Trinajstić information content (AvgIpc) is 3.24. The molecule has 0 aromatic heterocycles. The van der Waals surface area contributed by atoms with Crippen molar-refractivity contribution >= 4 is 40.7 Å². The third-order valence-electron chi connectivity index (χ3n) is 3.82. The predicted octanol–water partition coefficient (Wildman–Crippen LogP) is 3.58. The maximum Gasteiger partial charge on any atom is 0.240 e. The zero-order valence-electron chi connectivity index (χ0n) is 12.1. The van der Waals surface area contributed by atoms with E-state index in [1.54, 1.807) is 23.1 Å². The quantitative estimate of drug-likeness (QED) is 0.840. The molecule has 0 radical (unpaired) electrons. The fraction of sp³-hybridized carbons (Fsp3) is 0.467. The summed E-state index contributed by atoms with van der Waals surface area (Å²) in [6, 6.07) is 4.85. The standard InChI is InChI=1S/C15H18Cl2N2O2/c1-3-19(4-2)14(21)15(7-8-15)13(20)18-12-6-5-10(16)9-11(12)17/h5-6,9H,3-4,7-8H2,1-2H3,(H,18,20). The number of anilines is 1. The summed E-state index contributed by atoms with van der Waals surface area (Å²) in [7, 11) is 0. The van der Waals surface area contributed by atoms with Crippen molar-refractivity contribution in [2.75, 3.05) is 18.4 Å². The molecule has 1 aliphatic carbocycles. The smallest absolute Gasteiger partial charge is 0.240 e. The molecule has 0 aliphatic heterocycles. The normalized spacial score (nSPS) is 15.4. The third-order valence-corrected chi connectivity index (χ3v) is 4.37. The van der Waals surface area contributed by atoms with Gasteiger partial charge in [0.1, 0.15) is 5.41 Å². The van der Waals surface area contributed by atoms with Crippen LogP contribution in [0.3, 0.4) is 0 Å². The highest BCUT2D eigenvalue weighted by Gasteiger charge is 2.57. The molecule has 114 valence electrons. The molecular formula is C15H18Cl2N2O2. The minimum absolute atomic E-state index is 0.102. The number of nitrogens with one attached hydrogen (secondary N) is 1. The summed E-state index contributed by atoms with van der Waals surface area (Å²) in [4.78, 5) is 26.6. The van der Waals surface area contributed by atoms with Gasteiger partial charge in [-0.15, -0.1) is 0 Å². The summed E-state index contributed by atoms with van der Waals surface area (Å²) in [5.74, 6) is -0.390. The highest BCUT2D eigenvalue weighted by Crippen LogP contribution is 2.48. The third kappa shape index (κ3) is 3.16. The minimum atomic E-state index is -0.922. The molecule has 1 N–H and O–H groups in total. The van der Waals surface area contributed by atoms with E-state index in [1.165, 1.54) is 0 Å². The molecule has 0 heterocycles. The number of hydrogen-bond donors (Lipinski definition) is 1. The molecule has 1 aromatic carbocycles. The van der Waals surface area contributed by atoms with E-state index in [9.17, 15) is 9.59 Å². The summed E-state index contributed by atoms with van der Waals surface area (Å²) >= 11 is 11.9. The van der Waals surface area contributed by atoms with Crippen molar-refractivity contribution in [1.29, 1.82) is 0 Å². The van der Waals surface area contributed by atoms with Crippen molar-refractivity contribution in [3.63, 3.8) is 0 Å². The van der Waals surface area contributed by atoms with Crippen molar-refractivity contribution < 1.29 is 9.59 Å². The zero-order chi connectivity index (χ0) is 15.6. The molecule has 0 spiro atoms. The highest BCUT2D eigenvalue weighted by molar-refractivity contribution is 6.36. The molecule has 1 aliphatic rings. The van der Waals surface area contributed by atoms with Gasteiger partial charge < -0.3 is 10.2 Å². The average molecular weight is 329 g/mol. The topological polar surface area (TPSA) is 49.4 Å². The van der Waals surface area contributed by atoms with Crippen LogP contribution < -0.4 is 5.32 Å². The van der Waals surface area contributed by atoms with Crippen LogP contribution in [-0.2, 0) is 9.59 Å². The second-order valence-corrected chi connectivity index (χ2v) is 5.98. The van der Waals surface area contributed by atoms with Gasteiger partial charge in [-0.05, 0) is 44.9 Å². The maximum atomic E-state index is 12.5. The number of halogens is 2. The Labute approximate surface area is 134 Å². The van der Waals surface area contributed by atoms with E-state index in [-0.39, 0.29) is 11.8 Å². The van der Waals surface area contributed by atoms with Crippen LogP contribution in [-0.4, -0.2) is 29.8 Å². The first-order chi connectivity index (χ1) is 9.94. The van der Waals surface area contributed by atoms with Crippen molar-refractivity contribution in [1.82, 2.24) is 4.90 Å². The van der Waals surface area contributed by atoms with Crippen LogP contribution in [0.2, 0.25) is 10.0 Å². The van der Waals surface area contributed by atoms with E-state index < -0.39 is 5.41 Å². The Hall–Kier alpha value is -1.26. The number of nitrogens with zero attached hydrogens (tertiary/aromatic N) is 1. The highest BCUT2D eigenvalue weighted by atomic mass is 35.5. The van der Waals surface area contributed by atoms with Gasteiger partial charge in [-0.2, -0.15) is 0 Å². The fourth-order valence-corrected chi connectivity index (χ4v) is 2.77. The van der Waals surface area contributed by atoms with E-state index in [1.807, 2.05) is 13.8 Å². The molecule has 1 aromatic rings. The van der Waals surface area contributed by atoms with E-state index in [0.29, 0.717) is 41.7 Å². The number of rotatable bonds is 5. The number of carbonyl (C=O) groups excluding carboxylic acids is 2. The summed E-state index contributed by atoms with van der Waals surface area (Å²) < 4.78 is 0. The molecule has 0 bridgehead atoms. The van der Waals surface area contributed by atoms with Gasteiger partial charge in [-0.3, -0.25) is 9.59 Å². The van der Waals surface area contributed by atoms with Crippen LogP contribution in [0.25, 0.3) is 0 Å². The SMILES string of the molecule is CCN(CC)C(=O)C1(C(=O)Nc2ccc(Cl)cc2Cl)CC1. The molecule has 1 fully saturated rings. The fourth-order valence-electron chi connectivity index (χ4n) is 2.31. The summed E-state index contributed by atoms with van der Waals surface area (Å²) in [5, 5.41) is 3.61. The second-order valence-electron chi connectivity index (χ2n) is 5.14. The molecule has 4 nitrogen and oxygen atoms in total. The van der Waals surface area contributed by atoms with Gasteiger partial charge in [0.25, 0.3) is 0 Å². The van der Waals surface area contributed by atoms with Gasteiger partial charge >= 0.3 is 0 Å². The maximum absolute atomic E-state index is 12.5. The first-order valence-electron chi connectivity index (χ1n) is 7.00. The van der Waals surface area contributed by atoms with Gasteiger partial charge in [0.05, 0.1) is 10.7 Å².